The molecule has 0 nitrogen and oxygen atoms in total. The second kappa shape index (κ2) is 7.41. The van der Waals surface area contributed by atoms with Crippen molar-refractivity contribution >= 4 is 14.1 Å². The normalized spacial score (nSPS) is 11.8. The maximum Gasteiger partial charge on any atom is 1.00 e. The first kappa shape index (κ1) is 17.5. The SMILES string of the molecule is CC(C)[CH2][Al]([CH2]C(C)C)[C](C)(C)C.[Li+]. The summed E-state index contributed by atoms with van der Waals surface area (Å²) < 4.78 is 0.620. The van der Waals surface area contributed by atoms with Crippen LogP contribution in [0.5, 0.6) is 0 Å². The summed E-state index contributed by atoms with van der Waals surface area (Å²) in [5.41, 5.74) is 0. The molecular weight excluding hydrogens is 178 g/mol. The molecule has 2 heteroatoms. The summed E-state index contributed by atoms with van der Waals surface area (Å²) in [6.45, 7) is 16.8. The molecule has 0 aliphatic rings. The zero-order valence-electron chi connectivity index (χ0n) is 11.6. The molecule has 0 aromatic carbocycles. The minimum Gasteiger partial charge on any atom is -0.0912 e. The molecule has 0 saturated carbocycles. The van der Waals surface area contributed by atoms with Crippen LogP contribution in [0.25, 0.3) is 0 Å². The largest absolute Gasteiger partial charge is 1.00 e. The van der Waals surface area contributed by atoms with E-state index in [0.29, 0.717) is 4.28 Å². The van der Waals surface area contributed by atoms with Gasteiger partial charge in [-0.2, -0.15) is 0 Å². The Morgan fingerprint density at radius 1 is 0.857 bits per heavy atom. The van der Waals surface area contributed by atoms with Crippen molar-refractivity contribution in [3.63, 3.8) is 0 Å². The van der Waals surface area contributed by atoms with Crippen LogP contribution in [0.3, 0.4) is 0 Å². The Bertz CT molecular complexity index is 126. The van der Waals surface area contributed by atoms with E-state index < -0.39 is 14.1 Å². The fourth-order valence-electron chi connectivity index (χ4n) is 1.94. The molecule has 0 amide bonds. The summed E-state index contributed by atoms with van der Waals surface area (Å²) in [6, 6.07) is 0. The van der Waals surface area contributed by atoms with Crippen molar-refractivity contribution in [2.24, 2.45) is 11.8 Å². The molecule has 0 heterocycles. The number of hydrogen-bond donors (Lipinski definition) is 0. The van der Waals surface area contributed by atoms with Crippen molar-refractivity contribution in [1.82, 2.24) is 0 Å². The monoisotopic (exact) mass is 205 g/mol. The molecule has 0 N–H and O–H groups in total. The average Bonchev–Trinajstić information content (AvgIpc) is 1.81. The van der Waals surface area contributed by atoms with Crippen LogP contribution < -0.4 is 18.9 Å². The third kappa shape index (κ3) is 8.44. The summed E-state index contributed by atoms with van der Waals surface area (Å²) in [6.07, 6.45) is 0. The first-order valence-corrected chi connectivity index (χ1v) is 7.94. The van der Waals surface area contributed by atoms with Gasteiger partial charge in [0.05, 0.1) is 0 Å². The predicted molar refractivity (Wildman–Crippen MR) is 64.8 cm³/mol. The smallest absolute Gasteiger partial charge is 0.0912 e. The Balaban J connectivity index is 0. The van der Waals surface area contributed by atoms with Gasteiger partial charge < -0.3 is 0 Å². The first-order valence-electron chi connectivity index (χ1n) is 5.73. The van der Waals surface area contributed by atoms with Gasteiger partial charge >= 0.3 is 18.9 Å². The van der Waals surface area contributed by atoms with Crippen LogP contribution in [-0.2, 0) is 0 Å². The van der Waals surface area contributed by atoms with Crippen LogP contribution in [0.2, 0.25) is 14.8 Å². The molecule has 0 saturated heterocycles. The fraction of sp³-hybridized carbons (Fsp3) is 1.00. The standard InChI is InChI=1S/3C4H9.Al.Li/c3*1-4(2)3;;/h1-3H3;2*4H,1H2,2-3H3;;/q;;;;+1. The zero-order valence-corrected chi connectivity index (χ0v) is 12.8. The first-order chi connectivity index (χ1) is 5.73. The van der Waals surface area contributed by atoms with Crippen LogP contribution in [-0.4, -0.2) is 14.1 Å². The topological polar surface area (TPSA) is 0 Å². The van der Waals surface area contributed by atoms with Gasteiger partial charge in [-0.15, -0.1) is 0 Å². The maximum absolute atomic E-state index is 2.44. The molecular formula is C12H27AlLi+. The molecule has 0 aromatic rings. The van der Waals surface area contributed by atoms with Gasteiger partial charge in [0.2, 0.25) is 0 Å². The molecule has 0 radical (unpaired) electrons. The van der Waals surface area contributed by atoms with Gasteiger partial charge in [-0.3, -0.25) is 0 Å². The van der Waals surface area contributed by atoms with Gasteiger partial charge in [0, 0.05) is 0 Å². The molecule has 0 unspecified atom stereocenters. The Morgan fingerprint density at radius 2 is 1.14 bits per heavy atom. The Hall–Kier alpha value is 1.13. The van der Waals surface area contributed by atoms with Gasteiger partial charge in [0.25, 0.3) is 14.1 Å². The average molecular weight is 205 g/mol. The summed E-state index contributed by atoms with van der Waals surface area (Å²) in [4.78, 5) is 0. The van der Waals surface area contributed by atoms with Gasteiger partial charge in [0.15, 0.2) is 0 Å². The molecule has 0 aromatic heterocycles. The zero-order chi connectivity index (χ0) is 10.6. The fourth-order valence-corrected chi connectivity index (χ4v) is 5.82. The van der Waals surface area contributed by atoms with E-state index in [0.717, 1.165) is 11.8 Å². The van der Waals surface area contributed by atoms with E-state index in [1.54, 1.807) is 0 Å². The third-order valence-electron chi connectivity index (χ3n) is 2.74. The molecule has 0 spiro atoms. The van der Waals surface area contributed by atoms with E-state index in [9.17, 15) is 0 Å². The van der Waals surface area contributed by atoms with E-state index in [4.69, 9.17) is 0 Å². The van der Waals surface area contributed by atoms with Crippen LogP contribution in [0.4, 0.5) is 0 Å². The van der Waals surface area contributed by atoms with E-state index >= 15 is 0 Å². The van der Waals surface area contributed by atoms with Crippen molar-refractivity contribution in [2.45, 2.75) is 63.3 Å². The second-order valence-corrected chi connectivity index (χ2v) is 10.4. The summed E-state index contributed by atoms with van der Waals surface area (Å²) >= 11 is -0.538. The van der Waals surface area contributed by atoms with Crippen molar-refractivity contribution in [3.05, 3.63) is 0 Å². The Morgan fingerprint density at radius 3 is 1.29 bits per heavy atom. The van der Waals surface area contributed by atoms with Crippen molar-refractivity contribution < 1.29 is 18.9 Å². The third-order valence-corrected chi connectivity index (χ3v) is 8.21. The quantitative estimate of drug-likeness (QED) is 0.611. The number of rotatable bonds is 4. The molecule has 0 aliphatic carbocycles. The molecule has 0 bridgehead atoms. The second-order valence-electron chi connectivity index (χ2n) is 6.32. The van der Waals surface area contributed by atoms with E-state index in [1.807, 2.05) is 0 Å². The van der Waals surface area contributed by atoms with E-state index in [2.05, 4.69) is 48.5 Å². The summed E-state index contributed by atoms with van der Waals surface area (Å²) in [5.74, 6) is 1.80. The Kier molecular flexibility index (Phi) is 9.28. The molecule has 0 fully saturated rings. The van der Waals surface area contributed by atoms with Crippen LogP contribution in [0.1, 0.15) is 48.5 Å². The van der Waals surface area contributed by atoms with Crippen LogP contribution in [0.15, 0.2) is 0 Å². The van der Waals surface area contributed by atoms with Crippen molar-refractivity contribution in [2.75, 3.05) is 0 Å². The summed E-state index contributed by atoms with van der Waals surface area (Å²) in [5, 5.41) is 3.03. The van der Waals surface area contributed by atoms with Crippen molar-refractivity contribution in [3.8, 4) is 0 Å². The molecule has 0 aliphatic heterocycles. The predicted octanol–water partition coefficient (Wildman–Crippen LogP) is 1.60. The minimum atomic E-state index is -0.538. The minimum absolute atomic E-state index is 0. The van der Waals surface area contributed by atoms with Crippen LogP contribution in [0, 0.1) is 11.8 Å². The van der Waals surface area contributed by atoms with Gasteiger partial charge in [-0.1, -0.05) is 75.1 Å². The van der Waals surface area contributed by atoms with Gasteiger partial charge in [-0.25, -0.2) is 0 Å². The van der Waals surface area contributed by atoms with Crippen LogP contribution >= 0.6 is 0 Å². The Labute approximate surface area is 108 Å². The van der Waals surface area contributed by atoms with E-state index in [1.165, 1.54) is 10.6 Å². The molecule has 0 atom stereocenters. The molecule has 14 heavy (non-hydrogen) atoms. The van der Waals surface area contributed by atoms with Gasteiger partial charge in [0.1, 0.15) is 0 Å². The van der Waals surface area contributed by atoms with Crippen molar-refractivity contribution in [1.29, 1.82) is 0 Å². The summed E-state index contributed by atoms with van der Waals surface area (Å²) in [7, 11) is 0. The molecule has 0 rings (SSSR count). The maximum atomic E-state index is 2.44. The number of hydrogen-bond acceptors (Lipinski definition) is 0. The van der Waals surface area contributed by atoms with Gasteiger partial charge in [-0.05, 0) is 0 Å². The molecule has 78 valence electrons. The van der Waals surface area contributed by atoms with E-state index in [-0.39, 0.29) is 18.9 Å².